The summed E-state index contributed by atoms with van der Waals surface area (Å²) in [5.74, 6) is 2.36. The van der Waals surface area contributed by atoms with Crippen LogP contribution in [-0.4, -0.2) is 21.4 Å². The number of hydrogen-bond donors (Lipinski definition) is 2. The summed E-state index contributed by atoms with van der Waals surface area (Å²) in [6.07, 6.45) is 9.25. The number of thiophene rings is 1. The first-order chi connectivity index (χ1) is 14.1. The highest BCUT2D eigenvalue weighted by molar-refractivity contribution is 7.21. The maximum absolute atomic E-state index is 13.3. The molecule has 3 aromatic heterocycles. The normalized spacial score (nSPS) is 30.0. The molecule has 29 heavy (non-hydrogen) atoms. The van der Waals surface area contributed by atoms with Crippen LogP contribution in [0.15, 0.2) is 36.5 Å². The summed E-state index contributed by atoms with van der Waals surface area (Å²) < 4.78 is 0. The number of carbonyl (C=O) groups is 1. The van der Waals surface area contributed by atoms with Crippen molar-refractivity contribution >= 4 is 33.1 Å². The first-order valence-corrected chi connectivity index (χ1v) is 11.3. The lowest BCUT2D eigenvalue weighted by molar-refractivity contribution is -0.0166. The highest BCUT2D eigenvalue weighted by Crippen LogP contribution is 2.55. The van der Waals surface area contributed by atoms with E-state index >= 15 is 0 Å². The number of pyridine rings is 2. The molecule has 148 valence electrons. The quantitative estimate of drug-likeness (QED) is 0.666. The average Bonchev–Trinajstić information content (AvgIpc) is 3.03. The number of carbonyl (C=O) groups excluding carboxylic acids is 1. The summed E-state index contributed by atoms with van der Waals surface area (Å²) in [4.78, 5) is 23.8. The maximum Gasteiger partial charge on any atom is 0.264 e. The molecule has 4 fully saturated rings. The molecule has 4 saturated carbocycles. The Morgan fingerprint density at radius 2 is 1.76 bits per heavy atom. The van der Waals surface area contributed by atoms with Crippen LogP contribution < -0.4 is 11.1 Å². The Morgan fingerprint density at radius 1 is 1.03 bits per heavy atom. The van der Waals surface area contributed by atoms with Crippen LogP contribution in [-0.2, 0) is 0 Å². The predicted molar refractivity (Wildman–Crippen MR) is 116 cm³/mol. The van der Waals surface area contributed by atoms with Crippen molar-refractivity contribution in [1.82, 2.24) is 15.3 Å². The van der Waals surface area contributed by atoms with Gasteiger partial charge >= 0.3 is 0 Å². The fourth-order valence-electron chi connectivity index (χ4n) is 6.38. The topological polar surface area (TPSA) is 80.9 Å². The van der Waals surface area contributed by atoms with Gasteiger partial charge in [0.25, 0.3) is 5.91 Å². The molecule has 0 spiro atoms. The molecule has 3 heterocycles. The minimum Gasteiger partial charge on any atom is -0.397 e. The van der Waals surface area contributed by atoms with E-state index in [9.17, 15) is 4.79 Å². The van der Waals surface area contributed by atoms with Gasteiger partial charge in [-0.3, -0.25) is 9.78 Å². The van der Waals surface area contributed by atoms with Gasteiger partial charge < -0.3 is 11.1 Å². The Labute approximate surface area is 173 Å². The lowest BCUT2D eigenvalue weighted by Gasteiger charge is -2.56. The van der Waals surface area contributed by atoms with Gasteiger partial charge in [-0.05, 0) is 80.5 Å². The second-order valence-electron chi connectivity index (χ2n) is 9.26. The van der Waals surface area contributed by atoms with Crippen molar-refractivity contribution in [2.24, 2.45) is 17.8 Å². The van der Waals surface area contributed by atoms with Gasteiger partial charge in [0.1, 0.15) is 9.71 Å². The van der Waals surface area contributed by atoms with Crippen molar-refractivity contribution in [3.8, 4) is 11.4 Å². The molecule has 0 aliphatic heterocycles. The molecule has 0 aromatic carbocycles. The fraction of sp³-hybridized carbons (Fsp3) is 0.435. The summed E-state index contributed by atoms with van der Waals surface area (Å²) >= 11 is 1.39. The maximum atomic E-state index is 13.3. The first-order valence-electron chi connectivity index (χ1n) is 10.5. The second-order valence-corrected chi connectivity index (χ2v) is 10.3. The Kier molecular flexibility index (Phi) is 3.76. The van der Waals surface area contributed by atoms with E-state index in [1.165, 1.54) is 30.6 Å². The van der Waals surface area contributed by atoms with Gasteiger partial charge in [0.2, 0.25) is 0 Å². The zero-order valence-electron chi connectivity index (χ0n) is 16.2. The van der Waals surface area contributed by atoms with Crippen LogP contribution in [0.25, 0.3) is 21.6 Å². The van der Waals surface area contributed by atoms with Gasteiger partial charge in [0.15, 0.2) is 0 Å². The van der Waals surface area contributed by atoms with Crippen LogP contribution in [0, 0.1) is 17.8 Å². The number of aromatic nitrogens is 2. The number of amides is 1. The minimum atomic E-state index is -0.0214. The summed E-state index contributed by atoms with van der Waals surface area (Å²) in [6.45, 7) is 0. The zero-order valence-corrected chi connectivity index (χ0v) is 17.0. The largest absolute Gasteiger partial charge is 0.397 e. The van der Waals surface area contributed by atoms with Crippen molar-refractivity contribution in [1.29, 1.82) is 0 Å². The van der Waals surface area contributed by atoms with Gasteiger partial charge in [-0.2, -0.15) is 0 Å². The molecule has 1 amide bonds. The monoisotopic (exact) mass is 404 g/mol. The van der Waals surface area contributed by atoms with E-state index in [-0.39, 0.29) is 11.4 Å². The van der Waals surface area contributed by atoms with Gasteiger partial charge in [0, 0.05) is 17.1 Å². The number of anilines is 1. The Balaban J connectivity index is 1.31. The number of rotatable bonds is 3. The number of hydrogen-bond acceptors (Lipinski definition) is 5. The highest BCUT2D eigenvalue weighted by atomic mass is 32.1. The third-order valence-electron chi connectivity index (χ3n) is 7.14. The van der Waals surface area contributed by atoms with Crippen LogP contribution in [0.3, 0.4) is 0 Å². The molecular formula is C23H24N4OS. The van der Waals surface area contributed by atoms with E-state index in [1.807, 2.05) is 30.3 Å². The van der Waals surface area contributed by atoms with E-state index in [4.69, 9.17) is 10.7 Å². The smallest absolute Gasteiger partial charge is 0.264 e. The predicted octanol–water partition coefficient (Wildman–Crippen LogP) is 4.64. The van der Waals surface area contributed by atoms with E-state index in [1.54, 1.807) is 6.20 Å². The molecule has 6 heteroatoms. The molecular weight excluding hydrogens is 380 g/mol. The third kappa shape index (κ3) is 2.84. The van der Waals surface area contributed by atoms with E-state index in [0.717, 1.165) is 58.6 Å². The number of nitrogen functional groups attached to an aromatic ring is 1. The number of nitrogens with one attached hydrogen (secondary N) is 1. The van der Waals surface area contributed by atoms with Crippen LogP contribution in [0.2, 0.25) is 0 Å². The standard InChI is InChI=1S/C23H24N4OS/c24-19-16-4-5-18(17-3-1-2-6-25-17)26-22(16)29-20(19)21(28)27-23-10-13-7-14(11-23)9-15(8-13)12-23/h1-6,13-15H,7-12,24H2,(H,27,28). The molecule has 3 N–H and O–H groups in total. The van der Waals surface area contributed by atoms with Crippen molar-refractivity contribution in [3.63, 3.8) is 0 Å². The van der Waals surface area contributed by atoms with Crippen LogP contribution in [0.1, 0.15) is 48.2 Å². The molecule has 0 saturated heterocycles. The second kappa shape index (κ2) is 6.26. The lowest BCUT2D eigenvalue weighted by atomic mass is 9.53. The van der Waals surface area contributed by atoms with Gasteiger partial charge in [-0.15, -0.1) is 11.3 Å². The number of nitrogens with two attached hydrogens (primary N) is 1. The molecule has 0 unspecified atom stereocenters. The Hall–Kier alpha value is -2.47. The average molecular weight is 405 g/mol. The van der Waals surface area contributed by atoms with Crippen LogP contribution in [0.5, 0.6) is 0 Å². The van der Waals surface area contributed by atoms with Crippen LogP contribution in [0.4, 0.5) is 5.69 Å². The third-order valence-corrected chi connectivity index (χ3v) is 8.26. The summed E-state index contributed by atoms with van der Waals surface area (Å²) in [5, 5.41) is 4.29. The molecule has 7 rings (SSSR count). The van der Waals surface area contributed by atoms with E-state index in [2.05, 4.69) is 10.3 Å². The molecule has 3 aromatic rings. The summed E-state index contributed by atoms with van der Waals surface area (Å²) in [5.41, 5.74) is 8.54. The number of fused-ring (bicyclic) bond motifs is 1. The van der Waals surface area contributed by atoms with Gasteiger partial charge in [0.05, 0.1) is 17.1 Å². The number of nitrogens with zero attached hydrogens (tertiary/aromatic N) is 2. The molecule has 4 aliphatic rings. The van der Waals surface area contributed by atoms with Crippen LogP contribution >= 0.6 is 11.3 Å². The summed E-state index contributed by atoms with van der Waals surface area (Å²) in [7, 11) is 0. The molecule has 5 nitrogen and oxygen atoms in total. The lowest BCUT2D eigenvalue weighted by Crippen LogP contribution is -2.59. The van der Waals surface area contributed by atoms with Crippen molar-refractivity contribution < 1.29 is 4.79 Å². The Morgan fingerprint density at radius 3 is 2.41 bits per heavy atom. The van der Waals surface area contributed by atoms with Crippen molar-refractivity contribution in [2.75, 3.05) is 5.73 Å². The first kappa shape index (κ1) is 17.4. The minimum absolute atomic E-state index is 0.0129. The summed E-state index contributed by atoms with van der Waals surface area (Å²) in [6, 6.07) is 9.65. The molecule has 0 radical (unpaired) electrons. The molecule has 4 aliphatic carbocycles. The highest BCUT2D eigenvalue weighted by Gasteiger charge is 2.51. The molecule has 4 bridgehead atoms. The Bertz CT molecular complexity index is 1070. The van der Waals surface area contributed by atoms with Gasteiger partial charge in [-0.25, -0.2) is 4.98 Å². The van der Waals surface area contributed by atoms with Gasteiger partial charge in [-0.1, -0.05) is 6.07 Å². The van der Waals surface area contributed by atoms with E-state index in [0.29, 0.717) is 10.6 Å². The van der Waals surface area contributed by atoms with E-state index < -0.39 is 0 Å². The zero-order chi connectivity index (χ0) is 19.6. The van der Waals surface area contributed by atoms with Crippen molar-refractivity contribution in [2.45, 2.75) is 44.1 Å². The van der Waals surface area contributed by atoms with Crippen molar-refractivity contribution in [3.05, 3.63) is 41.4 Å². The molecule has 0 atom stereocenters. The SMILES string of the molecule is Nc1c(C(=O)NC23CC4CC(CC(C4)C2)C3)sc2nc(-c3ccccn3)ccc12. The fourth-order valence-corrected chi connectivity index (χ4v) is 7.37.